The predicted molar refractivity (Wildman–Crippen MR) is 68.2 cm³/mol. The van der Waals surface area contributed by atoms with Crippen LogP contribution in [0, 0.1) is 5.92 Å². The standard InChI is InChI=1S/C13H16ClNO2/c14-9-10-1-3-12(4-2-10)15-13(16)11-5-7-17-8-6-11/h1-4,11H,5-9H2,(H,15,16). The van der Waals surface area contributed by atoms with E-state index in [0.717, 1.165) is 24.1 Å². The first-order valence-electron chi connectivity index (χ1n) is 5.83. The normalized spacial score (nSPS) is 16.8. The first kappa shape index (κ1) is 12.4. The van der Waals surface area contributed by atoms with E-state index in [1.165, 1.54) is 0 Å². The Morgan fingerprint density at radius 2 is 1.94 bits per heavy atom. The molecule has 1 heterocycles. The van der Waals surface area contributed by atoms with Crippen LogP contribution in [0.15, 0.2) is 24.3 Å². The van der Waals surface area contributed by atoms with E-state index in [9.17, 15) is 4.79 Å². The highest BCUT2D eigenvalue weighted by Gasteiger charge is 2.21. The molecule has 0 saturated carbocycles. The molecule has 1 aliphatic heterocycles. The Hall–Kier alpha value is -1.06. The molecule has 2 rings (SSSR count). The Morgan fingerprint density at radius 1 is 1.29 bits per heavy atom. The smallest absolute Gasteiger partial charge is 0.227 e. The number of carbonyl (C=O) groups is 1. The van der Waals surface area contributed by atoms with Gasteiger partial charge in [0.15, 0.2) is 0 Å². The summed E-state index contributed by atoms with van der Waals surface area (Å²) < 4.78 is 5.24. The lowest BCUT2D eigenvalue weighted by Gasteiger charge is -2.21. The molecule has 1 amide bonds. The predicted octanol–water partition coefficient (Wildman–Crippen LogP) is 2.79. The van der Waals surface area contributed by atoms with Crippen LogP contribution in [0.25, 0.3) is 0 Å². The molecule has 1 N–H and O–H groups in total. The molecular weight excluding hydrogens is 238 g/mol. The Morgan fingerprint density at radius 3 is 2.53 bits per heavy atom. The van der Waals surface area contributed by atoms with Crippen molar-refractivity contribution in [2.24, 2.45) is 5.92 Å². The maximum absolute atomic E-state index is 11.9. The molecule has 0 unspecified atom stereocenters. The van der Waals surface area contributed by atoms with Gasteiger partial charge in [0, 0.05) is 30.7 Å². The van der Waals surface area contributed by atoms with Crippen LogP contribution in [0.1, 0.15) is 18.4 Å². The van der Waals surface area contributed by atoms with Crippen molar-refractivity contribution >= 4 is 23.2 Å². The summed E-state index contributed by atoms with van der Waals surface area (Å²) >= 11 is 5.71. The quantitative estimate of drug-likeness (QED) is 0.842. The number of anilines is 1. The number of halogens is 1. The molecule has 0 atom stereocenters. The van der Waals surface area contributed by atoms with Crippen molar-refractivity contribution in [3.63, 3.8) is 0 Å². The summed E-state index contributed by atoms with van der Waals surface area (Å²) in [6.45, 7) is 1.37. The van der Waals surface area contributed by atoms with E-state index >= 15 is 0 Å². The van der Waals surface area contributed by atoms with Gasteiger partial charge in [-0.05, 0) is 30.5 Å². The van der Waals surface area contributed by atoms with Crippen LogP contribution in [-0.2, 0) is 15.4 Å². The highest BCUT2D eigenvalue weighted by Crippen LogP contribution is 2.18. The van der Waals surface area contributed by atoms with Crippen LogP contribution < -0.4 is 5.32 Å². The lowest BCUT2D eigenvalue weighted by Crippen LogP contribution is -2.28. The lowest BCUT2D eigenvalue weighted by molar-refractivity contribution is -0.122. The zero-order chi connectivity index (χ0) is 12.1. The molecule has 0 bridgehead atoms. The molecule has 0 aliphatic carbocycles. The molecule has 0 radical (unpaired) electrons. The summed E-state index contributed by atoms with van der Waals surface area (Å²) in [6.07, 6.45) is 1.62. The molecule has 1 aromatic rings. The van der Waals surface area contributed by atoms with Gasteiger partial charge in [-0.2, -0.15) is 0 Å². The number of rotatable bonds is 3. The average molecular weight is 254 g/mol. The monoisotopic (exact) mass is 253 g/mol. The second-order valence-electron chi connectivity index (χ2n) is 4.21. The van der Waals surface area contributed by atoms with E-state index in [2.05, 4.69) is 5.32 Å². The minimum Gasteiger partial charge on any atom is -0.381 e. The third-order valence-corrected chi connectivity index (χ3v) is 3.28. The molecule has 1 fully saturated rings. The van der Waals surface area contributed by atoms with Gasteiger partial charge in [-0.15, -0.1) is 11.6 Å². The summed E-state index contributed by atoms with van der Waals surface area (Å²) in [4.78, 5) is 11.9. The van der Waals surface area contributed by atoms with Gasteiger partial charge in [-0.3, -0.25) is 4.79 Å². The molecular formula is C13H16ClNO2. The Kier molecular flexibility index (Phi) is 4.40. The van der Waals surface area contributed by atoms with E-state index in [-0.39, 0.29) is 11.8 Å². The zero-order valence-electron chi connectivity index (χ0n) is 9.62. The number of amides is 1. The highest BCUT2D eigenvalue weighted by atomic mass is 35.5. The summed E-state index contributed by atoms with van der Waals surface area (Å²) in [5.74, 6) is 0.664. The van der Waals surface area contributed by atoms with E-state index in [0.29, 0.717) is 19.1 Å². The molecule has 92 valence electrons. The van der Waals surface area contributed by atoms with Crippen molar-refractivity contribution in [3.8, 4) is 0 Å². The largest absolute Gasteiger partial charge is 0.381 e. The van der Waals surface area contributed by atoms with Crippen molar-refractivity contribution < 1.29 is 9.53 Å². The van der Waals surface area contributed by atoms with Crippen LogP contribution in [0.2, 0.25) is 0 Å². The molecule has 4 heteroatoms. The van der Waals surface area contributed by atoms with Crippen LogP contribution in [0.4, 0.5) is 5.69 Å². The maximum atomic E-state index is 11.9. The van der Waals surface area contributed by atoms with Gasteiger partial charge >= 0.3 is 0 Å². The van der Waals surface area contributed by atoms with Crippen molar-refractivity contribution in [2.45, 2.75) is 18.7 Å². The number of hydrogen-bond acceptors (Lipinski definition) is 2. The van der Waals surface area contributed by atoms with Crippen LogP contribution in [-0.4, -0.2) is 19.1 Å². The lowest BCUT2D eigenvalue weighted by atomic mass is 9.99. The van der Waals surface area contributed by atoms with Gasteiger partial charge in [0.25, 0.3) is 0 Å². The van der Waals surface area contributed by atoms with Gasteiger partial charge < -0.3 is 10.1 Å². The van der Waals surface area contributed by atoms with Crippen LogP contribution in [0.3, 0.4) is 0 Å². The molecule has 3 nitrogen and oxygen atoms in total. The van der Waals surface area contributed by atoms with E-state index in [1.807, 2.05) is 24.3 Å². The van der Waals surface area contributed by atoms with Crippen molar-refractivity contribution in [1.29, 1.82) is 0 Å². The topological polar surface area (TPSA) is 38.3 Å². The first-order chi connectivity index (χ1) is 8.29. The molecule has 1 saturated heterocycles. The fourth-order valence-electron chi connectivity index (χ4n) is 1.88. The Balaban J connectivity index is 1.92. The fourth-order valence-corrected chi connectivity index (χ4v) is 2.06. The van der Waals surface area contributed by atoms with Crippen molar-refractivity contribution in [3.05, 3.63) is 29.8 Å². The van der Waals surface area contributed by atoms with Gasteiger partial charge in [-0.1, -0.05) is 12.1 Å². The second-order valence-corrected chi connectivity index (χ2v) is 4.47. The molecule has 17 heavy (non-hydrogen) atoms. The second kappa shape index (κ2) is 6.03. The number of alkyl halides is 1. The number of hydrogen-bond donors (Lipinski definition) is 1. The summed E-state index contributed by atoms with van der Waals surface area (Å²) in [5, 5.41) is 2.93. The summed E-state index contributed by atoms with van der Waals surface area (Å²) in [5.41, 5.74) is 1.88. The number of benzene rings is 1. The minimum atomic E-state index is 0.0800. The summed E-state index contributed by atoms with van der Waals surface area (Å²) in [7, 11) is 0. The Bertz CT molecular complexity index is 372. The van der Waals surface area contributed by atoms with Gasteiger partial charge in [-0.25, -0.2) is 0 Å². The number of carbonyl (C=O) groups excluding carboxylic acids is 1. The van der Waals surface area contributed by atoms with Crippen LogP contribution >= 0.6 is 11.6 Å². The number of nitrogens with one attached hydrogen (secondary N) is 1. The minimum absolute atomic E-state index is 0.0800. The van der Waals surface area contributed by atoms with E-state index in [1.54, 1.807) is 0 Å². The van der Waals surface area contributed by atoms with Gasteiger partial charge in [0.05, 0.1) is 0 Å². The Labute approximate surface area is 106 Å². The van der Waals surface area contributed by atoms with Crippen molar-refractivity contribution in [1.82, 2.24) is 0 Å². The molecule has 1 aromatic carbocycles. The summed E-state index contributed by atoms with van der Waals surface area (Å²) in [6, 6.07) is 7.61. The van der Waals surface area contributed by atoms with Crippen molar-refractivity contribution in [2.75, 3.05) is 18.5 Å². The molecule has 0 spiro atoms. The highest BCUT2D eigenvalue weighted by molar-refractivity contribution is 6.17. The first-order valence-corrected chi connectivity index (χ1v) is 6.36. The van der Waals surface area contributed by atoms with Gasteiger partial charge in [0.2, 0.25) is 5.91 Å². The maximum Gasteiger partial charge on any atom is 0.227 e. The SMILES string of the molecule is O=C(Nc1ccc(CCl)cc1)C1CCOCC1. The average Bonchev–Trinajstić information content (AvgIpc) is 2.40. The van der Waals surface area contributed by atoms with Gasteiger partial charge in [0.1, 0.15) is 0 Å². The number of ether oxygens (including phenoxy) is 1. The molecule has 1 aliphatic rings. The fraction of sp³-hybridized carbons (Fsp3) is 0.462. The van der Waals surface area contributed by atoms with Crippen LogP contribution in [0.5, 0.6) is 0 Å². The third-order valence-electron chi connectivity index (χ3n) is 2.97. The van der Waals surface area contributed by atoms with E-state index < -0.39 is 0 Å². The zero-order valence-corrected chi connectivity index (χ0v) is 10.4. The molecule has 0 aromatic heterocycles. The third kappa shape index (κ3) is 3.45. The van der Waals surface area contributed by atoms with E-state index in [4.69, 9.17) is 16.3 Å².